The van der Waals surface area contributed by atoms with Gasteiger partial charge in [0, 0.05) is 43.9 Å². The largest absolute Gasteiger partial charge is 0.314 e. The Morgan fingerprint density at radius 3 is 2.57 bits per heavy atom. The van der Waals surface area contributed by atoms with Crippen LogP contribution >= 0.6 is 0 Å². The molecule has 1 amide bonds. The van der Waals surface area contributed by atoms with E-state index in [1.165, 1.54) is 11.6 Å². The highest BCUT2D eigenvalue weighted by molar-refractivity contribution is 6.09. The number of aryl methyl sites for hydroxylation is 1. The minimum Gasteiger partial charge on any atom is -0.314 e. The number of carbonyl (C=O) groups is 1. The maximum absolute atomic E-state index is 14.1. The molecular formula is C24H25FN4O. The van der Waals surface area contributed by atoms with E-state index in [0.29, 0.717) is 31.7 Å². The molecule has 3 aliphatic rings. The van der Waals surface area contributed by atoms with Gasteiger partial charge < -0.3 is 4.90 Å². The summed E-state index contributed by atoms with van der Waals surface area (Å²) in [5, 5.41) is 0. The Bertz CT molecular complexity index is 1060. The summed E-state index contributed by atoms with van der Waals surface area (Å²) >= 11 is 0. The zero-order valence-corrected chi connectivity index (χ0v) is 17.1. The summed E-state index contributed by atoms with van der Waals surface area (Å²) in [6, 6.07) is 15.0. The zero-order chi connectivity index (χ0) is 20.7. The Labute approximate surface area is 176 Å². The number of benzene rings is 2. The van der Waals surface area contributed by atoms with Gasteiger partial charge in [-0.3, -0.25) is 19.6 Å². The maximum Gasteiger partial charge on any atom is 0.259 e. The molecule has 6 heteroatoms. The van der Waals surface area contributed by atoms with E-state index in [0.717, 1.165) is 42.3 Å². The topological polar surface area (TPSA) is 39.2 Å². The number of fused-ring (bicyclic) bond motifs is 2. The Balaban J connectivity index is 1.42. The molecule has 3 heterocycles. The fourth-order valence-electron chi connectivity index (χ4n) is 4.58. The average molecular weight is 404 g/mol. The van der Waals surface area contributed by atoms with E-state index < -0.39 is 0 Å². The van der Waals surface area contributed by atoms with Crippen LogP contribution in [0.4, 0.5) is 4.39 Å². The van der Waals surface area contributed by atoms with Gasteiger partial charge in [-0.2, -0.15) is 0 Å². The van der Waals surface area contributed by atoms with E-state index in [4.69, 9.17) is 0 Å². The lowest BCUT2D eigenvalue weighted by Crippen LogP contribution is -2.53. The van der Waals surface area contributed by atoms with Gasteiger partial charge in [-0.1, -0.05) is 42.5 Å². The van der Waals surface area contributed by atoms with Gasteiger partial charge in [0.05, 0.1) is 18.7 Å². The highest BCUT2D eigenvalue weighted by Crippen LogP contribution is 2.32. The SMILES string of the molecule is Cc1ccccc1CN1C(=O)C2=C(CCN(Cc3ccccc3F)C2)N2CCN=C12. The lowest BCUT2D eigenvalue weighted by atomic mass is 9.99. The molecule has 0 saturated heterocycles. The van der Waals surface area contributed by atoms with Crippen molar-refractivity contribution < 1.29 is 9.18 Å². The summed E-state index contributed by atoms with van der Waals surface area (Å²) in [5.74, 6) is 0.621. The molecule has 0 saturated carbocycles. The molecule has 0 spiro atoms. The third-order valence-corrected chi connectivity index (χ3v) is 6.23. The van der Waals surface area contributed by atoms with Gasteiger partial charge in [-0.05, 0) is 24.1 Å². The first-order valence-corrected chi connectivity index (χ1v) is 10.5. The summed E-state index contributed by atoms with van der Waals surface area (Å²) in [6.07, 6.45) is 0.784. The number of nitrogens with zero attached hydrogens (tertiary/aromatic N) is 4. The summed E-state index contributed by atoms with van der Waals surface area (Å²) in [7, 11) is 0. The van der Waals surface area contributed by atoms with Crippen LogP contribution in [0.3, 0.4) is 0 Å². The molecule has 0 fully saturated rings. The lowest BCUT2D eigenvalue weighted by molar-refractivity contribution is -0.125. The molecule has 154 valence electrons. The molecule has 0 radical (unpaired) electrons. The fourth-order valence-corrected chi connectivity index (χ4v) is 4.58. The van der Waals surface area contributed by atoms with Crippen LogP contribution in [-0.4, -0.2) is 52.7 Å². The predicted octanol–water partition coefficient (Wildman–Crippen LogP) is 3.31. The summed E-state index contributed by atoms with van der Waals surface area (Å²) in [6.45, 7) is 5.97. The minimum absolute atomic E-state index is 0.0309. The van der Waals surface area contributed by atoms with Crippen LogP contribution in [0.1, 0.15) is 23.1 Å². The van der Waals surface area contributed by atoms with Crippen molar-refractivity contribution in [1.82, 2.24) is 14.7 Å². The summed E-state index contributed by atoms with van der Waals surface area (Å²) < 4.78 is 14.1. The maximum atomic E-state index is 14.1. The Morgan fingerprint density at radius 1 is 1.00 bits per heavy atom. The number of hydrogen-bond acceptors (Lipinski definition) is 4. The van der Waals surface area contributed by atoms with Gasteiger partial charge in [0.2, 0.25) is 5.96 Å². The van der Waals surface area contributed by atoms with E-state index >= 15 is 0 Å². The first-order valence-electron chi connectivity index (χ1n) is 10.5. The third-order valence-electron chi connectivity index (χ3n) is 6.23. The normalized spacial score (nSPS) is 19.1. The van der Waals surface area contributed by atoms with Crippen LogP contribution in [-0.2, 0) is 17.9 Å². The van der Waals surface area contributed by atoms with E-state index in [9.17, 15) is 9.18 Å². The first-order chi connectivity index (χ1) is 14.6. The Morgan fingerprint density at radius 2 is 1.77 bits per heavy atom. The second-order valence-corrected chi connectivity index (χ2v) is 8.13. The highest BCUT2D eigenvalue weighted by atomic mass is 19.1. The Kier molecular flexibility index (Phi) is 4.87. The summed E-state index contributed by atoms with van der Waals surface area (Å²) in [5.41, 5.74) is 4.89. The number of halogens is 1. The molecular weight excluding hydrogens is 379 g/mol. The number of rotatable bonds is 4. The second kappa shape index (κ2) is 7.69. The number of guanidine groups is 1. The molecule has 5 rings (SSSR count). The van der Waals surface area contributed by atoms with Gasteiger partial charge in [-0.25, -0.2) is 4.39 Å². The molecule has 3 aliphatic heterocycles. The predicted molar refractivity (Wildman–Crippen MR) is 114 cm³/mol. The average Bonchev–Trinajstić information content (AvgIpc) is 3.24. The van der Waals surface area contributed by atoms with Crippen LogP contribution in [0.15, 0.2) is 64.8 Å². The highest BCUT2D eigenvalue weighted by Gasteiger charge is 2.41. The van der Waals surface area contributed by atoms with E-state index in [-0.39, 0.29) is 11.7 Å². The Hall–Kier alpha value is -2.99. The van der Waals surface area contributed by atoms with E-state index in [1.54, 1.807) is 6.07 Å². The van der Waals surface area contributed by atoms with Crippen molar-refractivity contribution in [2.24, 2.45) is 4.99 Å². The molecule has 30 heavy (non-hydrogen) atoms. The van der Waals surface area contributed by atoms with Crippen LogP contribution in [0.2, 0.25) is 0 Å². The van der Waals surface area contributed by atoms with Crippen LogP contribution in [0, 0.1) is 12.7 Å². The van der Waals surface area contributed by atoms with Gasteiger partial charge in [0.1, 0.15) is 5.82 Å². The molecule has 0 atom stereocenters. The molecule has 5 nitrogen and oxygen atoms in total. The molecule has 0 aromatic heterocycles. The van der Waals surface area contributed by atoms with Gasteiger partial charge in [0.15, 0.2) is 0 Å². The number of carbonyl (C=O) groups excluding carboxylic acids is 1. The molecule has 0 N–H and O–H groups in total. The second-order valence-electron chi connectivity index (χ2n) is 8.13. The fraction of sp³-hybridized carbons (Fsp3) is 0.333. The summed E-state index contributed by atoms with van der Waals surface area (Å²) in [4.78, 5) is 24.4. The van der Waals surface area contributed by atoms with Crippen molar-refractivity contribution >= 4 is 11.9 Å². The van der Waals surface area contributed by atoms with Crippen LogP contribution in [0.5, 0.6) is 0 Å². The van der Waals surface area contributed by atoms with Crippen molar-refractivity contribution in [2.45, 2.75) is 26.4 Å². The van der Waals surface area contributed by atoms with Crippen molar-refractivity contribution in [1.29, 1.82) is 0 Å². The van der Waals surface area contributed by atoms with Gasteiger partial charge >= 0.3 is 0 Å². The van der Waals surface area contributed by atoms with Crippen molar-refractivity contribution in [3.8, 4) is 0 Å². The van der Waals surface area contributed by atoms with Crippen molar-refractivity contribution in [3.63, 3.8) is 0 Å². The van der Waals surface area contributed by atoms with Crippen molar-refractivity contribution in [3.05, 3.63) is 82.3 Å². The third kappa shape index (κ3) is 3.31. The minimum atomic E-state index is -0.192. The molecule has 2 aromatic carbocycles. The van der Waals surface area contributed by atoms with Gasteiger partial charge in [0.25, 0.3) is 5.91 Å². The van der Waals surface area contributed by atoms with Crippen molar-refractivity contribution in [2.75, 3.05) is 26.2 Å². The number of aliphatic imine (C=N–C) groups is 1. The quantitative estimate of drug-likeness (QED) is 0.785. The molecule has 0 aliphatic carbocycles. The molecule has 2 aromatic rings. The van der Waals surface area contributed by atoms with E-state index in [1.807, 2.05) is 29.2 Å². The zero-order valence-electron chi connectivity index (χ0n) is 17.1. The first kappa shape index (κ1) is 19.0. The molecule has 0 unspecified atom stereocenters. The standard InChI is InChI=1S/C24H25FN4O/c1-17-6-2-3-7-18(17)15-29-23(30)20-16-27(14-19-8-4-5-9-21(19)25)12-10-22(20)28-13-11-26-24(28)29/h2-9H,10-16H2,1H3. The smallest absolute Gasteiger partial charge is 0.259 e. The number of hydrogen-bond donors (Lipinski definition) is 0. The molecule has 0 bridgehead atoms. The monoisotopic (exact) mass is 404 g/mol. The van der Waals surface area contributed by atoms with E-state index in [2.05, 4.69) is 33.8 Å². The van der Waals surface area contributed by atoms with Gasteiger partial charge in [-0.15, -0.1) is 0 Å². The number of amides is 1. The van der Waals surface area contributed by atoms with Crippen LogP contribution in [0.25, 0.3) is 0 Å². The lowest BCUT2D eigenvalue weighted by Gasteiger charge is -2.42. The van der Waals surface area contributed by atoms with Crippen LogP contribution < -0.4 is 0 Å².